The average Bonchev–Trinajstić information content (AvgIpc) is 3.39. The van der Waals surface area contributed by atoms with Crippen LogP contribution < -0.4 is 10.5 Å². The lowest BCUT2D eigenvalue weighted by atomic mass is 10.0. The number of likely N-dealkylation sites (tertiary alicyclic amines) is 1. The molecule has 1 saturated heterocycles. The number of rotatable bonds is 6. The van der Waals surface area contributed by atoms with Crippen LogP contribution in [0.1, 0.15) is 34.1 Å². The van der Waals surface area contributed by atoms with Gasteiger partial charge in [-0.05, 0) is 48.9 Å². The number of nitrogen functional groups attached to an aromatic ring is 1. The minimum atomic E-state index is -0.0785. The van der Waals surface area contributed by atoms with Crippen molar-refractivity contribution in [3.8, 4) is 5.75 Å². The van der Waals surface area contributed by atoms with Crippen LogP contribution in [0.15, 0.2) is 48.7 Å². The second-order valence-electron chi connectivity index (χ2n) is 7.04. The standard InChI is InChI=1S/C21H22ClN5O2/c22-15-3-5-17(6-4-15)29-11-8-16-12-19(26-25-16)14-7-10-27(13-14)21(28)18-2-1-9-24-20(18)23/h1-6,9,12,14H,7-8,10-11,13H2,(H2,23,24)(H,25,26)/t14-/m0/s1. The number of benzene rings is 1. The third-order valence-corrected chi connectivity index (χ3v) is 5.32. The number of aromatic amines is 1. The highest BCUT2D eigenvalue weighted by atomic mass is 35.5. The molecule has 3 heterocycles. The van der Waals surface area contributed by atoms with Gasteiger partial charge in [0.1, 0.15) is 11.6 Å². The highest BCUT2D eigenvalue weighted by molar-refractivity contribution is 6.30. The summed E-state index contributed by atoms with van der Waals surface area (Å²) in [5.74, 6) is 1.18. The van der Waals surface area contributed by atoms with Gasteiger partial charge in [0.15, 0.2) is 0 Å². The summed E-state index contributed by atoms with van der Waals surface area (Å²) in [6.07, 6.45) is 3.18. The molecule has 0 spiro atoms. The van der Waals surface area contributed by atoms with E-state index >= 15 is 0 Å². The van der Waals surface area contributed by atoms with Crippen LogP contribution in [0.5, 0.6) is 5.75 Å². The molecule has 0 radical (unpaired) electrons. The van der Waals surface area contributed by atoms with Crippen LogP contribution in [0.3, 0.4) is 0 Å². The zero-order valence-electron chi connectivity index (χ0n) is 15.8. The summed E-state index contributed by atoms with van der Waals surface area (Å²) in [6, 6.07) is 12.8. The number of hydrogen-bond donors (Lipinski definition) is 2. The molecule has 4 rings (SSSR count). The van der Waals surface area contributed by atoms with Crippen molar-refractivity contribution >= 4 is 23.3 Å². The number of pyridine rings is 1. The van der Waals surface area contributed by atoms with E-state index in [-0.39, 0.29) is 17.6 Å². The molecule has 1 aliphatic heterocycles. The summed E-state index contributed by atoms with van der Waals surface area (Å²) in [4.78, 5) is 18.5. The number of nitrogens with two attached hydrogens (primary N) is 1. The summed E-state index contributed by atoms with van der Waals surface area (Å²) in [7, 11) is 0. The number of ether oxygens (including phenoxy) is 1. The average molecular weight is 412 g/mol. The van der Waals surface area contributed by atoms with Crippen LogP contribution in [0.25, 0.3) is 0 Å². The van der Waals surface area contributed by atoms with Crippen molar-refractivity contribution in [2.45, 2.75) is 18.8 Å². The van der Waals surface area contributed by atoms with Crippen LogP contribution in [0, 0.1) is 0 Å². The van der Waals surface area contributed by atoms with Crippen molar-refractivity contribution in [2.24, 2.45) is 0 Å². The van der Waals surface area contributed by atoms with Gasteiger partial charge in [0, 0.05) is 42.3 Å². The first-order valence-corrected chi connectivity index (χ1v) is 9.90. The van der Waals surface area contributed by atoms with E-state index < -0.39 is 0 Å². The number of carbonyl (C=O) groups excluding carboxylic acids is 1. The number of nitrogens with zero attached hydrogens (tertiary/aromatic N) is 3. The Hall–Kier alpha value is -3.06. The predicted molar refractivity (Wildman–Crippen MR) is 111 cm³/mol. The fraction of sp³-hybridized carbons (Fsp3) is 0.286. The van der Waals surface area contributed by atoms with Crippen molar-refractivity contribution in [3.05, 3.63) is 70.6 Å². The van der Waals surface area contributed by atoms with Gasteiger partial charge in [0.05, 0.1) is 17.9 Å². The molecule has 1 amide bonds. The molecule has 3 aromatic rings. The number of nitrogens with one attached hydrogen (secondary N) is 1. The van der Waals surface area contributed by atoms with E-state index in [9.17, 15) is 4.79 Å². The van der Waals surface area contributed by atoms with Gasteiger partial charge < -0.3 is 15.4 Å². The quantitative estimate of drug-likeness (QED) is 0.648. The van der Waals surface area contributed by atoms with Gasteiger partial charge in [0.2, 0.25) is 0 Å². The first-order chi connectivity index (χ1) is 14.1. The largest absolute Gasteiger partial charge is 0.493 e. The summed E-state index contributed by atoms with van der Waals surface area (Å²) in [6.45, 7) is 1.84. The summed E-state index contributed by atoms with van der Waals surface area (Å²) < 4.78 is 5.73. The van der Waals surface area contributed by atoms with E-state index in [2.05, 4.69) is 21.2 Å². The molecule has 0 bridgehead atoms. The van der Waals surface area contributed by atoms with E-state index in [1.165, 1.54) is 0 Å². The van der Waals surface area contributed by atoms with Crippen LogP contribution >= 0.6 is 11.6 Å². The number of halogens is 1. The Kier molecular flexibility index (Phi) is 5.67. The lowest BCUT2D eigenvalue weighted by Crippen LogP contribution is -2.29. The van der Waals surface area contributed by atoms with Gasteiger partial charge in [-0.2, -0.15) is 5.10 Å². The molecular formula is C21H22ClN5O2. The number of carbonyl (C=O) groups is 1. The maximum atomic E-state index is 12.7. The van der Waals surface area contributed by atoms with E-state index in [0.717, 1.165) is 30.0 Å². The SMILES string of the molecule is Nc1ncccc1C(=O)N1CC[C@H](c2cc(CCOc3ccc(Cl)cc3)[nH]n2)C1. The zero-order chi connectivity index (χ0) is 20.2. The van der Waals surface area contributed by atoms with E-state index in [0.29, 0.717) is 30.3 Å². The fourth-order valence-corrected chi connectivity index (χ4v) is 3.61. The van der Waals surface area contributed by atoms with Gasteiger partial charge in [-0.25, -0.2) is 4.98 Å². The van der Waals surface area contributed by atoms with Gasteiger partial charge >= 0.3 is 0 Å². The lowest BCUT2D eigenvalue weighted by Gasteiger charge is -2.16. The van der Waals surface area contributed by atoms with Crippen LogP contribution in [0.4, 0.5) is 5.82 Å². The number of H-pyrrole nitrogens is 1. The van der Waals surface area contributed by atoms with Gasteiger partial charge in [-0.15, -0.1) is 0 Å². The molecule has 1 aromatic carbocycles. The molecule has 2 aromatic heterocycles. The Morgan fingerprint density at radius 1 is 1.31 bits per heavy atom. The summed E-state index contributed by atoms with van der Waals surface area (Å²) in [5, 5.41) is 8.21. The third-order valence-electron chi connectivity index (χ3n) is 5.07. The molecule has 8 heteroatoms. The second-order valence-corrected chi connectivity index (χ2v) is 7.48. The number of anilines is 1. The van der Waals surface area contributed by atoms with E-state index in [1.807, 2.05) is 17.0 Å². The third kappa shape index (κ3) is 4.51. The Labute approximate surface area is 173 Å². The molecule has 1 aliphatic rings. The van der Waals surface area contributed by atoms with Crippen LogP contribution in [-0.4, -0.2) is 45.7 Å². The minimum Gasteiger partial charge on any atom is -0.493 e. The minimum absolute atomic E-state index is 0.0785. The Bertz CT molecular complexity index is 989. The predicted octanol–water partition coefficient (Wildman–Crippen LogP) is 3.29. The normalized spacial score (nSPS) is 16.2. The highest BCUT2D eigenvalue weighted by Gasteiger charge is 2.30. The molecule has 1 fully saturated rings. The maximum Gasteiger partial charge on any atom is 0.257 e. The lowest BCUT2D eigenvalue weighted by molar-refractivity contribution is 0.0791. The van der Waals surface area contributed by atoms with Crippen molar-refractivity contribution < 1.29 is 9.53 Å². The highest BCUT2D eigenvalue weighted by Crippen LogP contribution is 2.28. The van der Waals surface area contributed by atoms with Crippen molar-refractivity contribution in [1.29, 1.82) is 0 Å². The Morgan fingerprint density at radius 3 is 2.93 bits per heavy atom. The smallest absolute Gasteiger partial charge is 0.257 e. The summed E-state index contributed by atoms with van der Waals surface area (Å²) in [5.41, 5.74) is 8.28. The van der Waals surface area contributed by atoms with Crippen molar-refractivity contribution in [1.82, 2.24) is 20.1 Å². The van der Waals surface area contributed by atoms with Crippen molar-refractivity contribution in [2.75, 3.05) is 25.4 Å². The molecule has 0 saturated carbocycles. The fourth-order valence-electron chi connectivity index (χ4n) is 3.48. The van der Waals surface area contributed by atoms with E-state index in [1.54, 1.807) is 30.5 Å². The molecule has 1 atom stereocenters. The Morgan fingerprint density at radius 2 is 2.14 bits per heavy atom. The van der Waals surface area contributed by atoms with Crippen molar-refractivity contribution in [3.63, 3.8) is 0 Å². The topological polar surface area (TPSA) is 97.1 Å². The molecule has 7 nitrogen and oxygen atoms in total. The summed E-state index contributed by atoms with van der Waals surface area (Å²) >= 11 is 5.88. The first kappa shape index (κ1) is 19.3. The van der Waals surface area contributed by atoms with Crippen LogP contribution in [0.2, 0.25) is 5.02 Å². The van der Waals surface area contributed by atoms with Gasteiger partial charge in [-0.1, -0.05) is 11.6 Å². The van der Waals surface area contributed by atoms with Gasteiger partial charge in [0.25, 0.3) is 5.91 Å². The molecule has 3 N–H and O–H groups in total. The number of amides is 1. The molecule has 29 heavy (non-hydrogen) atoms. The zero-order valence-corrected chi connectivity index (χ0v) is 16.6. The molecule has 150 valence electrons. The van der Waals surface area contributed by atoms with Crippen LogP contribution in [-0.2, 0) is 6.42 Å². The van der Waals surface area contributed by atoms with Gasteiger partial charge in [-0.3, -0.25) is 9.89 Å². The monoisotopic (exact) mass is 411 g/mol. The first-order valence-electron chi connectivity index (χ1n) is 9.52. The molecule has 0 unspecified atom stereocenters. The van der Waals surface area contributed by atoms with E-state index in [4.69, 9.17) is 22.1 Å². The maximum absolute atomic E-state index is 12.7. The second kappa shape index (κ2) is 8.53. The molecular weight excluding hydrogens is 390 g/mol. The molecule has 0 aliphatic carbocycles. The number of hydrogen-bond acceptors (Lipinski definition) is 5. The number of aromatic nitrogens is 3. The Balaban J connectivity index is 1.31.